The van der Waals surface area contributed by atoms with Crippen LogP contribution >= 0.6 is 50.9 Å². The molecule has 2 aromatic carbocycles. The molecule has 32 heavy (non-hydrogen) atoms. The average Bonchev–Trinajstić information content (AvgIpc) is 2.77. The lowest BCUT2D eigenvalue weighted by Gasteiger charge is -2.30. The second-order valence-corrected chi connectivity index (χ2v) is 10.2. The molecule has 1 atom stereocenters. The first-order valence-corrected chi connectivity index (χ1v) is 13.4. The third kappa shape index (κ3) is 8.62. The summed E-state index contributed by atoms with van der Waals surface area (Å²) in [4.78, 5) is 27.8. The van der Waals surface area contributed by atoms with E-state index >= 15 is 0 Å². The highest BCUT2D eigenvalue weighted by atomic mass is 79.9. The molecule has 0 aromatic heterocycles. The lowest BCUT2D eigenvalue weighted by Crippen LogP contribution is -2.49. The second kappa shape index (κ2) is 14.1. The van der Waals surface area contributed by atoms with E-state index in [9.17, 15) is 9.59 Å². The Labute approximate surface area is 213 Å². The smallest absolute Gasteiger partial charge is 0.242 e. The van der Waals surface area contributed by atoms with Crippen LogP contribution in [-0.4, -0.2) is 35.1 Å². The van der Waals surface area contributed by atoms with E-state index in [1.165, 1.54) is 0 Å². The van der Waals surface area contributed by atoms with Crippen molar-refractivity contribution in [2.75, 3.05) is 12.3 Å². The Morgan fingerprint density at radius 3 is 2.38 bits per heavy atom. The van der Waals surface area contributed by atoms with Crippen molar-refractivity contribution in [2.45, 2.75) is 51.4 Å². The van der Waals surface area contributed by atoms with Gasteiger partial charge in [0.1, 0.15) is 6.04 Å². The molecule has 0 aliphatic rings. The van der Waals surface area contributed by atoms with Gasteiger partial charge in [0.2, 0.25) is 11.8 Å². The summed E-state index contributed by atoms with van der Waals surface area (Å²) in [6.07, 6.45) is 2.43. The highest BCUT2D eigenvalue weighted by Crippen LogP contribution is 2.25. The van der Waals surface area contributed by atoms with E-state index in [0.717, 1.165) is 34.2 Å². The zero-order valence-electron chi connectivity index (χ0n) is 18.4. The minimum absolute atomic E-state index is 0.0734. The molecule has 4 nitrogen and oxygen atoms in total. The van der Waals surface area contributed by atoms with Gasteiger partial charge in [-0.15, -0.1) is 11.8 Å². The Morgan fingerprint density at radius 2 is 1.75 bits per heavy atom. The van der Waals surface area contributed by atoms with Gasteiger partial charge in [-0.25, -0.2) is 0 Å². The van der Waals surface area contributed by atoms with Crippen molar-refractivity contribution in [3.63, 3.8) is 0 Å². The Hall–Kier alpha value is -1.21. The number of nitrogens with one attached hydrogen (secondary N) is 1. The molecule has 0 heterocycles. The van der Waals surface area contributed by atoms with Gasteiger partial charge in [0.15, 0.2) is 0 Å². The molecule has 1 unspecified atom stereocenters. The van der Waals surface area contributed by atoms with Gasteiger partial charge in [0.05, 0.1) is 15.8 Å². The largest absolute Gasteiger partial charge is 0.354 e. The van der Waals surface area contributed by atoms with Crippen LogP contribution < -0.4 is 5.32 Å². The van der Waals surface area contributed by atoms with Crippen molar-refractivity contribution >= 4 is 62.7 Å². The monoisotopic (exact) mass is 558 g/mol. The lowest BCUT2D eigenvalue weighted by molar-refractivity contribution is -0.139. The van der Waals surface area contributed by atoms with E-state index in [2.05, 4.69) is 28.2 Å². The normalized spacial score (nSPS) is 11.8. The van der Waals surface area contributed by atoms with E-state index in [1.54, 1.807) is 28.8 Å². The standard InChI is InChI=1S/C24H29BrCl2N2O2S/c1-3-5-12-28-24(31)22(4-2)29(14-18-8-11-20(26)21(27)13-18)23(30)16-32-15-17-6-9-19(25)10-7-17/h6-11,13,22H,3-5,12,14-16H2,1-2H3,(H,28,31). The number of nitrogens with zero attached hydrogens (tertiary/aromatic N) is 1. The van der Waals surface area contributed by atoms with Gasteiger partial charge in [-0.2, -0.15) is 0 Å². The van der Waals surface area contributed by atoms with E-state index in [1.807, 2.05) is 37.3 Å². The van der Waals surface area contributed by atoms with Crippen LogP contribution in [-0.2, 0) is 21.9 Å². The number of halogens is 3. The lowest BCUT2D eigenvalue weighted by atomic mass is 10.1. The fraction of sp³-hybridized carbons (Fsp3) is 0.417. The molecule has 0 saturated carbocycles. The Morgan fingerprint density at radius 1 is 1.06 bits per heavy atom. The molecule has 1 N–H and O–H groups in total. The summed E-state index contributed by atoms with van der Waals surface area (Å²) >= 11 is 17.2. The number of carbonyl (C=O) groups excluding carboxylic acids is 2. The topological polar surface area (TPSA) is 49.4 Å². The molecule has 0 aliphatic heterocycles. The van der Waals surface area contributed by atoms with E-state index in [4.69, 9.17) is 23.2 Å². The maximum atomic E-state index is 13.2. The molecular formula is C24H29BrCl2N2O2S. The zero-order valence-corrected chi connectivity index (χ0v) is 22.3. The van der Waals surface area contributed by atoms with Crippen LogP contribution in [0.25, 0.3) is 0 Å². The molecule has 0 bridgehead atoms. The van der Waals surface area contributed by atoms with Crippen molar-refractivity contribution in [3.8, 4) is 0 Å². The van der Waals surface area contributed by atoms with Gasteiger partial charge in [0.25, 0.3) is 0 Å². The first kappa shape index (κ1) is 27.0. The zero-order chi connectivity index (χ0) is 23.5. The van der Waals surface area contributed by atoms with Crippen LogP contribution in [0.1, 0.15) is 44.2 Å². The van der Waals surface area contributed by atoms with Gasteiger partial charge in [-0.1, -0.05) is 77.6 Å². The molecule has 0 fully saturated rings. The molecule has 2 rings (SSSR count). The number of benzene rings is 2. The van der Waals surface area contributed by atoms with E-state index < -0.39 is 6.04 Å². The minimum atomic E-state index is -0.540. The van der Waals surface area contributed by atoms with Crippen LogP contribution in [0.15, 0.2) is 46.9 Å². The average molecular weight is 560 g/mol. The van der Waals surface area contributed by atoms with Gasteiger partial charge in [-0.05, 0) is 48.2 Å². The number of carbonyl (C=O) groups is 2. The number of thioether (sulfide) groups is 1. The van der Waals surface area contributed by atoms with Gasteiger partial charge in [-0.3, -0.25) is 9.59 Å². The number of hydrogen-bond acceptors (Lipinski definition) is 3. The Kier molecular flexibility index (Phi) is 11.9. The quantitative estimate of drug-likeness (QED) is 0.294. The van der Waals surface area contributed by atoms with Crippen LogP contribution in [0.5, 0.6) is 0 Å². The summed E-state index contributed by atoms with van der Waals surface area (Å²) in [7, 11) is 0. The van der Waals surface area contributed by atoms with Crippen molar-refractivity contribution < 1.29 is 9.59 Å². The summed E-state index contributed by atoms with van der Waals surface area (Å²) in [5, 5.41) is 3.87. The number of amides is 2. The van der Waals surface area contributed by atoms with Crippen molar-refractivity contribution in [3.05, 3.63) is 68.1 Å². The van der Waals surface area contributed by atoms with Crippen LogP contribution in [0.2, 0.25) is 10.0 Å². The first-order valence-electron chi connectivity index (χ1n) is 10.7. The van der Waals surface area contributed by atoms with Gasteiger partial charge >= 0.3 is 0 Å². The molecule has 2 amide bonds. The van der Waals surface area contributed by atoms with Crippen LogP contribution in [0, 0.1) is 0 Å². The molecule has 0 aliphatic carbocycles. The predicted molar refractivity (Wildman–Crippen MR) is 139 cm³/mol. The maximum absolute atomic E-state index is 13.2. The highest BCUT2D eigenvalue weighted by Gasteiger charge is 2.28. The number of unbranched alkanes of at least 4 members (excludes halogenated alkanes) is 1. The molecule has 2 aromatic rings. The highest BCUT2D eigenvalue weighted by molar-refractivity contribution is 9.10. The maximum Gasteiger partial charge on any atom is 0.242 e. The van der Waals surface area contributed by atoms with E-state index in [0.29, 0.717) is 29.6 Å². The minimum Gasteiger partial charge on any atom is -0.354 e. The molecule has 8 heteroatoms. The summed E-state index contributed by atoms with van der Waals surface area (Å²) in [5.41, 5.74) is 1.98. The summed E-state index contributed by atoms with van der Waals surface area (Å²) in [5.74, 6) is 0.817. The summed E-state index contributed by atoms with van der Waals surface area (Å²) in [6, 6.07) is 12.8. The summed E-state index contributed by atoms with van der Waals surface area (Å²) < 4.78 is 1.02. The molecule has 0 radical (unpaired) electrons. The summed E-state index contributed by atoms with van der Waals surface area (Å²) in [6.45, 7) is 4.91. The van der Waals surface area contributed by atoms with E-state index in [-0.39, 0.29) is 17.6 Å². The third-order valence-electron chi connectivity index (χ3n) is 4.96. The Balaban J connectivity index is 2.12. The Bertz CT molecular complexity index is 896. The van der Waals surface area contributed by atoms with Gasteiger partial charge in [0, 0.05) is 23.3 Å². The number of rotatable bonds is 12. The third-order valence-corrected chi connectivity index (χ3v) is 7.22. The van der Waals surface area contributed by atoms with Crippen molar-refractivity contribution in [2.24, 2.45) is 0 Å². The molecule has 174 valence electrons. The molecule has 0 saturated heterocycles. The predicted octanol–water partition coefficient (Wildman–Crippen LogP) is 6.71. The van der Waals surface area contributed by atoms with Crippen LogP contribution in [0.4, 0.5) is 0 Å². The second-order valence-electron chi connectivity index (χ2n) is 7.46. The van der Waals surface area contributed by atoms with Crippen molar-refractivity contribution in [1.82, 2.24) is 10.2 Å². The molecule has 0 spiro atoms. The van der Waals surface area contributed by atoms with Crippen LogP contribution in [0.3, 0.4) is 0 Å². The first-order chi connectivity index (χ1) is 15.3. The number of hydrogen-bond donors (Lipinski definition) is 1. The van der Waals surface area contributed by atoms with Crippen molar-refractivity contribution in [1.29, 1.82) is 0 Å². The van der Waals surface area contributed by atoms with Gasteiger partial charge < -0.3 is 10.2 Å². The fourth-order valence-electron chi connectivity index (χ4n) is 3.18. The fourth-order valence-corrected chi connectivity index (χ4v) is 4.64. The molecular weight excluding hydrogens is 531 g/mol. The SMILES string of the molecule is CCCCNC(=O)C(CC)N(Cc1ccc(Cl)c(Cl)c1)C(=O)CSCc1ccc(Br)cc1.